The van der Waals surface area contributed by atoms with Crippen LogP contribution in [0, 0.1) is 0 Å². The predicted molar refractivity (Wildman–Crippen MR) is 84.0 cm³/mol. The first-order valence-corrected chi connectivity index (χ1v) is 7.95. The van der Waals surface area contributed by atoms with Gasteiger partial charge in [-0.05, 0) is 36.6 Å². The summed E-state index contributed by atoms with van der Waals surface area (Å²) in [5.41, 5.74) is 7.04. The number of ether oxygens (including phenoxy) is 1. The number of Topliss-reactive ketones (excluding diaryl/α,β-unsaturated/α-hetero) is 1. The van der Waals surface area contributed by atoms with E-state index in [4.69, 9.17) is 10.5 Å². The molecule has 4 heteroatoms. The number of rotatable bonds is 5. The minimum atomic E-state index is -0.277. The maximum atomic E-state index is 12.3. The number of benzene rings is 1. The smallest absolute Gasteiger partial charge is 0.139 e. The standard InChI is InChI=1S/C16H22BrNO2/c1-20-14-5-6-15(17)12(10-14)9-13(19)11-16(18)7-3-2-4-8-16/h5-6,10H,2-4,7-9,11,18H2,1H3. The van der Waals surface area contributed by atoms with Crippen molar-refractivity contribution in [2.45, 2.75) is 50.5 Å². The fourth-order valence-corrected chi connectivity index (χ4v) is 3.30. The summed E-state index contributed by atoms with van der Waals surface area (Å²) in [5.74, 6) is 0.986. The lowest BCUT2D eigenvalue weighted by Crippen LogP contribution is -2.43. The van der Waals surface area contributed by atoms with Gasteiger partial charge in [-0.1, -0.05) is 35.2 Å². The van der Waals surface area contributed by atoms with Crippen LogP contribution in [0.5, 0.6) is 5.75 Å². The molecular weight excluding hydrogens is 318 g/mol. The zero-order valence-corrected chi connectivity index (χ0v) is 13.5. The minimum absolute atomic E-state index is 0.211. The summed E-state index contributed by atoms with van der Waals surface area (Å²) in [6, 6.07) is 5.70. The van der Waals surface area contributed by atoms with E-state index in [1.807, 2.05) is 18.2 Å². The van der Waals surface area contributed by atoms with Crippen LogP contribution in [0.15, 0.2) is 22.7 Å². The number of nitrogens with two attached hydrogens (primary N) is 1. The van der Waals surface area contributed by atoms with Crippen LogP contribution in [0.3, 0.4) is 0 Å². The Morgan fingerprint density at radius 3 is 2.70 bits per heavy atom. The van der Waals surface area contributed by atoms with E-state index < -0.39 is 0 Å². The Morgan fingerprint density at radius 1 is 1.35 bits per heavy atom. The molecule has 0 aliphatic heterocycles. The molecule has 2 rings (SSSR count). The quantitative estimate of drug-likeness (QED) is 0.891. The summed E-state index contributed by atoms with van der Waals surface area (Å²) < 4.78 is 6.15. The third-order valence-corrected chi connectivity index (χ3v) is 4.81. The van der Waals surface area contributed by atoms with Gasteiger partial charge in [-0.3, -0.25) is 4.79 Å². The lowest BCUT2D eigenvalue weighted by atomic mass is 9.78. The molecule has 0 amide bonds. The monoisotopic (exact) mass is 339 g/mol. The van der Waals surface area contributed by atoms with Gasteiger partial charge in [0.05, 0.1) is 7.11 Å². The van der Waals surface area contributed by atoms with Crippen molar-refractivity contribution in [3.8, 4) is 5.75 Å². The van der Waals surface area contributed by atoms with Gasteiger partial charge in [-0.15, -0.1) is 0 Å². The molecule has 0 bridgehead atoms. The molecule has 1 saturated carbocycles. The third-order valence-electron chi connectivity index (χ3n) is 4.04. The first-order valence-electron chi connectivity index (χ1n) is 7.15. The van der Waals surface area contributed by atoms with Gasteiger partial charge >= 0.3 is 0 Å². The summed E-state index contributed by atoms with van der Waals surface area (Å²) in [6.07, 6.45) is 6.37. The molecule has 0 atom stereocenters. The molecule has 1 aromatic carbocycles. The summed E-state index contributed by atoms with van der Waals surface area (Å²) >= 11 is 3.49. The Kier molecular flexibility index (Phi) is 5.22. The zero-order valence-electron chi connectivity index (χ0n) is 12.0. The van der Waals surface area contributed by atoms with Gasteiger partial charge in [0.1, 0.15) is 11.5 Å². The highest BCUT2D eigenvalue weighted by molar-refractivity contribution is 9.10. The fourth-order valence-electron chi connectivity index (χ4n) is 2.91. The van der Waals surface area contributed by atoms with E-state index in [-0.39, 0.29) is 11.3 Å². The van der Waals surface area contributed by atoms with Crippen LogP contribution < -0.4 is 10.5 Å². The Bertz CT molecular complexity index is 481. The molecule has 1 fully saturated rings. The maximum Gasteiger partial charge on any atom is 0.139 e. The number of methoxy groups -OCH3 is 1. The molecule has 110 valence electrons. The van der Waals surface area contributed by atoms with Gasteiger partial charge in [0.15, 0.2) is 0 Å². The SMILES string of the molecule is COc1ccc(Br)c(CC(=O)CC2(N)CCCCC2)c1. The lowest BCUT2D eigenvalue weighted by Gasteiger charge is -2.32. The molecule has 3 nitrogen and oxygen atoms in total. The Labute approximate surface area is 129 Å². The van der Waals surface area contributed by atoms with Crippen LogP contribution in [0.2, 0.25) is 0 Å². The first kappa shape index (κ1) is 15.5. The topological polar surface area (TPSA) is 52.3 Å². The number of halogens is 1. The molecule has 0 radical (unpaired) electrons. The van der Waals surface area contributed by atoms with Gasteiger partial charge in [0.2, 0.25) is 0 Å². The lowest BCUT2D eigenvalue weighted by molar-refractivity contribution is -0.119. The molecule has 0 heterocycles. The molecule has 0 aromatic heterocycles. The summed E-state index contributed by atoms with van der Waals surface area (Å²) in [6.45, 7) is 0. The van der Waals surface area contributed by atoms with Crippen LogP contribution >= 0.6 is 15.9 Å². The number of ketones is 1. The molecule has 2 N–H and O–H groups in total. The van der Waals surface area contributed by atoms with E-state index in [1.54, 1.807) is 7.11 Å². The highest BCUT2D eigenvalue weighted by atomic mass is 79.9. The highest BCUT2D eigenvalue weighted by Crippen LogP contribution is 2.30. The second kappa shape index (κ2) is 6.72. The number of carbonyl (C=O) groups excluding carboxylic acids is 1. The average Bonchev–Trinajstić information content (AvgIpc) is 2.41. The van der Waals surface area contributed by atoms with Crippen molar-refractivity contribution in [1.29, 1.82) is 0 Å². The molecular formula is C16H22BrNO2. The highest BCUT2D eigenvalue weighted by Gasteiger charge is 2.29. The minimum Gasteiger partial charge on any atom is -0.497 e. The maximum absolute atomic E-state index is 12.3. The molecule has 0 saturated heterocycles. The van der Waals surface area contributed by atoms with Crippen LogP contribution in [-0.4, -0.2) is 18.4 Å². The number of hydrogen-bond acceptors (Lipinski definition) is 3. The van der Waals surface area contributed by atoms with E-state index in [0.29, 0.717) is 12.8 Å². The van der Waals surface area contributed by atoms with Crippen molar-refractivity contribution in [2.75, 3.05) is 7.11 Å². The van der Waals surface area contributed by atoms with Gasteiger partial charge in [-0.2, -0.15) is 0 Å². The predicted octanol–water partition coefficient (Wildman–Crippen LogP) is 3.62. The molecule has 0 spiro atoms. The van der Waals surface area contributed by atoms with Crippen LogP contribution in [-0.2, 0) is 11.2 Å². The van der Waals surface area contributed by atoms with Crippen LogP contribution in [0.4, 0.5) is 0 Å². The number of hydrogen-bond donors (Lipinski definition) is 1. The Hall–Kier alpha value is -0.870. The van der Waals surface area contributed by atoms with Crippen LogP contribution in [0.25, 0.3) is 0 Å². The second-order valence-corrected chi connectivity index (χ2v) is 6.63. The van der Waals surface area contributed by atoms with Crippen molar-refractivity contribution in [3.05, 3.63) is 28.2 Å². The summed E-state index contributed by atoms with van der Waals surface area (Å²) in [5, 5.41) is 0. The van der Waals surface area contributed by atoms with Crippen molar-refractivity contribution in [3.63, 3.8) is 0 Å². The van der Waals surface area contributed by atoms with Gasteiger partial charge < -0.3 is 10.5 Å². The molecule has 20 heavy (non-hydrogen) atoms. The summed E-state index contributed by atoms with van der Waals surface area (Å²) in [7, 11) is 1.63. The molecule has 1 aromatic rings. The second-order valence-electron chi connectivity index (χ2n) is 5.77. The molecule has 0 unspecified atom stereocenters. The van der Waals surface area contributed by atoms with Crippen molar-refractivity contribution in [1.82, 2.24) is 0 Å². The van der Waals surface area contributed by atoms with E-state index in [1.165, 1.54) is 6.42 Å². The van der Waals surface area contributed by atoms with E-state index in [2.05, 4.69) is 15.9 Å². The van der Waals surface area contributed by atoms with Crippen molar-refractivity contribution < 1.29 is 9.53 Å². The fraction of sp³-hybridized carbons (Fsp3) is 0.562. The number of carbonyl (C=O) groups is 1. The Morgan fingerprint density at radius 2 is 2.05 bits per heavy atom. The molecule has 1 aliphatic carbocycles. The van der Waals surface area contributed by atoms with E-state index in [9.17, 15) is 4.79 Å². The van der Waals surface area contributed by atoms with Gasteiger partial charge in [0, 0.05) is 22.9 Å². The van der Waals surface area contributed by atoms with Gasteiger partial charge in [-0.25, -0.2) is 0 Å². The van der Waals surface area contributed by atoms with Crippen molar-refractivity contribution >= 4 is 21.7 Å². The Balaban J connectivity index is 2.00. The zero-order chi connectivity index (χ0) is 14.6. The third kappa shape index (κ3) is 4.06. The molecule has 1 aliphatic rings. The first-order chi connectivity index (χ1) is 9.52. The van der Waals surface area contributed by atoms with Gasteiger partial charge in [0.25, 0.3) is 0 Å². The largest absolute Gasteiger partial charge is 0.497 e. The normalized spacial score (nSPS) is 17.8. The average molecular weight is 340 g/mol. The van der Waals surface area contributed by atoms with Crippen LogP contribution in [0.1, 0.15) is 44.1 Å². The van der Waals surface area contributed by atoms with Crippen molar-refractivity contribution in [2.24, 2.45) is 5.73 Å². The summed E-state index contributed by atoms with van der Waals surface area (Å²) in [4.78, 5) is 12.3. The van der Waals surface area contributed by atoms with E-state index >= 15 is 0 Å². The van der Waals surface area contributed by atoms with E-state index in [0.717, 1.165) is 41.5 Å².